The Morgan fingerprint density at radius 3 is 2.55 bits per heavy atom. The van der Waals surface area contributed by atoms with Crippen molar-refractivity contribution in [1.82, 2.24) is 5.32 Å². The number of carbonyl (C=O) groups excluding carboxylic acids is 1. The Morgan fingerprint density at radius 2 is 1.86 bits per heavy atom. The molecule has 2 aliphatic carbocycles. The van der Waals surface area contributed by atoms with Crippen LogP contribution >= 0.6 is 24.8 Å². The summed E-state index contributed by atoms with van der Waals surface area (Å²) in [7, 11) is 1.70. The van der Waals surface area contributed by atoms with E-state index in [1.807, 2.05) is 12.1 Å². The first-order chi connectivity index (χ1) is 13.1. The third-order valence-corrected chi connectivity index (χ3v) is 6.97. The third-order valence-electron chi connectivity index (χ3n) is 6.97. The van der Waals surface area contributed by atoms with E-state index in [4.69, 9.17) is 10.5 Å². The van der Waals surface area contributed by atoms with Gasteiger partial charge in [-0.05, 0) is 62.5 Å². The Balaban J connectivity index is 0.00000150. The number of halogens is 2. The molecule has 1 heterocycles. The summed E-state index contributed by atoms with van der Waals surface area (Å²) in [4.78, 5) is 15.3. The van der Waals surface area contributed by atoms with Crippen LogP contribution in [-0.4, -0.2) is 38.2 Å². The van der Waals surface area contributed by atoms with Gasteiger partial charge in [-0.2, -0.15) is 0 Å². The highest BCUT2D eigenvalue weighted by Crippen LogP contribution is 2.42. The van der Waals surface area contributed by atoms with Gasteiger partial charge in [0.05, 0.1) is 7.11 Å². The van der Waals surface area contributed by atoms with E-state index >= 15 is 0 Å². The normalized spacial score (nSPS) is 31.1. The van der Waals surface area contributed by atoms with E-state index in [1.165, 1.54) is 24.9 Å². The number of nitrogens with one attached hydrogen (secondary N) is 1. The smallest absolute Gasteiger partial charge is 0.223 e. The lowest BCUT2D eigenvalue weighted by molar-refractivity contribution is -0.128. The summed E-state index contributed by atoms with van der Waals surface area (Å²) in [6, 6.07) is 8.75. The number of hydrogen-bond acceptors (Lipinski definition) is 4. The SMILES string of the molecule is COc1cccc(N2CCCC(NC(=O)C3CC4CCCC(C3)C4N)C2)c1.Cl.Cl. The molecule has 4 rings (SSSR count). The molecule has 2 bridgehead atoms. The molecular weight excluding hydrogens is 409 g/mol. The van der Waals surface area contributed by atoms with E-state index in [9.17, 15) is 4.79 Å². The lowest BCUT2D eigenvalue weighted by Crippen LogP contribution is -2.52. The highest BCUT2D eigenvalue weighted by atomic mass is 35.5. The lowest BCUT2D eigenvalue weighted by atomic mass is 9.65. The van der Waals surface area contributed by atoms with Gasteiger partial charge in [-0.3, -0.25) is 4.79 Å². The first-order valence-electron chi connectivity index (χ1n) is 10.6. The lowest BCUT2D eigenvalue weighted by Gasteiger charge is -2.44. The number of nitrogens with zero attached hydrogens (tertiary/aromatic N) is 1. The van der Waals surface area contributed by atoms with E-state index in [1.54, 1.807) is 7.11 Å². The minimum Gasteiger partial charge on any atom is -0.497 e. The number of fused-ring (bicyclic) bond motifs is 2. The second-order valence-corrected chi connectivity index (χ2v) is 8.69. The van der Waals surface area contributed by atoms with Crippen LogP contribution in [0.5, 0.6) is 5.75 Å². The van der Waals surface area contributed by atoms with Gasteiger partial charge in [0.1, 0.15) is 5.75 Å². The molecule has 3 unspecified atom stereocenters. The summed E-state index contributed by atoms with van der Waals surface area (Å²) in [6.07, 6.45) is 7.82. The van der Waals surface area contributed by atoms with Crippen molar-refractivity contribution in [2.24, 2.45) is 23.5 Å². The van der Waals surface area contributed by atoms with E-state index in [0.717, 1.165) is 44.5 Å². The topological polar surface area (TPSA) is 67.6 Å². The zero-order chi connectivity index (χ0) is 18.8. The van der Waals surface area contributed by atoms with Crippen LogP contribution in [-0.2, 0) is 4.79 Å². The molecule has 3 atom stereocenters. The summed E-state index contributed by atoms with van der Waals surface area (Å²) >= 11 is 0. The van der Waals surface area contributed by atoms with Gasteiger partial charge in [0.2, 0.25) is 5.91 Å². The summed E-state index contributed by atoms with van der Waals surface area (Å²) in [5.41, 5.74) is 7.56. The predicted octanol–water partition coefficient (Wildman–Crippen LogP) is 3.78. The number of hydrogen-bond donors (Lipinski definition) is 2. The molecule has 3 N–H and O–H groups in total. The van der Waals surface area contributed by atoms with Crippen molar-refractivity contribution < 1.29 is 9.53 Å². The largest absolute Gasteiger partial charge is 0.497 e. The molecule has 2 saturated carbocycles. The molecule has 1 aromatic carbocycles. The van der Waals surface area contributed by atoms with Gasteiger partial charge in [0.15, 0.2) is 0 Å². The molecule has 0 spiro atoms. The molecule has 1 amide bonds. The molecule has 29 heavy (non-hydrogen) atoms. The number of rotatable bonds is 4. The number of benzene rings is 1. The van der Waals surface area contributed by atoms with Crippen LogP contribution < -0.4 is 20.7 Å². The molecule has 1 aliphatic heterocycles. The molecule has 3 fully saturated rings. The molecule has 0 radical (unpaired) electrons. The Morgan fingerprint density at radius 1 is 1.14 bits per heavy atom. The van der Waals surface area contributed by atoms with E-state index in [0.29, 0.717) is 17.9 Å². The van der Waals surface area contributed by atoms with E-state index in [2.05, 4.69) is 22.3 Å². The van der Waals surface area contributed by atoms with Crippen molar-refractivity contribution in [2.45, 2.75) is 57.0 Å². The van der Waals surface area contributed by atoms with Crippen LogP contribution in [0.4, 0.5) is 5.69 Å². The highest BCUT2D eigenvalue weighted by Gasteiger charge is 2.41. The molecular formula is C22H35Cl2N3O2. The minimum atomic E-state index is 0. The van der Waals surface area contributed by atoms with Gasteiger partial charge in [-0.15, -0.1) is 24.8 Å². The number of anilines is 1. The van der Waals surface area contributed by atoms with Crippen LogP contribution in [0.15, 0.2) is 24.3 Å². The number of amides is 1. The fourth-order valence-electron chi connectivity index (χ4n) is 5.46. The maximum absolute atomic E-state index is 13.0. The van der Waals surface area contributed by atoms with Gasteiger partial charge in [-0.1, -0.05) is 12.5 Å². The first kappa shape index (κ1) is 24.1. The average Bonchev–Trinajstić information content (AvgIpc) is 2.68. The van der Waals surface area contributed by atoms with Crippen molar-refractivity contribution in [3.05, 3.63) is 24.3 Å². The van der Waals surface area contributed by atoms with Crippen LogP contribution in [0.1, 0.15) is 44.9 Å². The maximum Gasteiger partial charge on any atom is 0.223 e. The number of methoxy groups -OCH3 is 1. The Hall–Kier alpha value is -1.17. The first-order valence-corrected chi connectivity index (χ1v) is 10.6. The number of carbonyl (C=O) groups is 1. The van der Waals surface area contributed by atoms with E-state index < -0.39 is 0 Å². The standard InChI is InChI=1S/C22H33N3O2.2ClH/c1-27-20-9-3-8-19(13-20)25-10-4-7-18(14-25)24-22(26)17-11-15-5-2-6-16(12-17)21(15)23;;/h3,8-9,13,15-18,21H,2,4-7,10-12,14,23H2,1H3,(H,24,26);2*1H. The van der Waals surface area contributed by atoms with E-state index in [-0.39, 0.29) is 42.7 Å². The van der Waals surface area contributed by atoms with Crippen molar-refractivity contribution in [3.63, 3.8) is 0 Å². The fraction of sp³-hybridized carbons (Fsp3) is 0.682. The highest BCUT2D eigenvalue weighted by molar-refractivity contribution is 5.85. The van der Waals surface area contributed by atoms with Gasteiger partial charge in [-0.25, -0.2) is 0 Å². The second kappa shape index (κ2) is 10.7. The second-order valence-electron chi connectivity index (χ2n) is 8.69. The van der Waals surface area contributed by atoms with Crippen LogP contribution in [0, 0.1) is 17.8 Å². The van der Waals surface area contributed by atoms with Gasteiger partial charge >= 0.3 is 0 Å². The average molecular weight is 444 g/mol. The number of ether oxygens (including phenoxy) is 1. The fourth-order valence-corrected chi connectivity index (χ4v) is 5.46. The Labute approximate surface area is 186 Å². The third kappa shape index (κ3) is 5.50. The Kier molecular flexibility index (Phi) is 8.92. The Bertz CT molecular complexity index is 661. The zero-order valence-corrected chi connectivity index (χ0v) is 18.9. The molecule has 7 heteroatoms. The van der Waals surface area contributed by atoms with Crippen molar-refractivity contribution in [2.75, 3.05) is 25.1 Å². The summed E-state index contributed by atoms with van der Waals surface area (Å²) in [6.45, 7) is 1.90. The molecule has 1 aromatic rings. The summed E-state index contributed by atoms with van der Waals surface area (Å²) in [5, 5.41) is 3.37. The molecule has 3 aliphatic rings. The quantitative estimate of drug-likeness (QED) is 0.742. The zero-order valence-electron chi connectivity index (χ0n) is 17.2. The van der Waals surface area contributed by atoms with Gasteiger partial charge in [0.25, 0.3) is 0 Å². The molecule has 1 saturated heterocycles. The van der Waals surface area contributed by atoms with Crippen molar-refractivity contribution in [3.8, 4) is 5.75 Å². The van der Waals surface area contributed by atoms with Crippen LogP contribution in [0.3, 0.4) is 0 Å². The summed E-state index contributed by atoms with van der Waals surface area (Å²) < 4.78 is 5.35. The van der Waals surface area contributed by atoms with Gasteiger partial charge in [0, 0.05) is 42.8 Å². The molecule has 0 aromatic heterocycles. The monoisotopic (exact) mass is 443 g/mol. The van der Waals surface area contributed by atoms with Gasteiger partial charge < -0.3 is 20.7 Å². The van der Waals surface area contributed by atoms with Crippen LogP contribution in [0.25, 0.3) is 0 Å². The van der Waals surface area contributed by atoms with Crippen molar-refractivity contribution in [1.29, 1.82) is 0 Å². The number of piperidine rings is 1. The van der Waals surface area contributed by atoms with Crippen LogP contribution in [0.2, 0.25) is 0 Å². The molecule has 5 nitrogen and oxygen atoms in total. The van der Waals surface area contributed by atoms with Crippen molar-refractivity contribution >= 4 is 36.4 Å². The predicted molar refractivity (Wildman–Crippen MR) is 122 cm³/mol. The minimum absolute atomic E-state index is 0. The number of nitrogens with two attached hydrogens (primary N) is 1. The molecule has 164 valence electrons. The summed E-state index contributed by atoms with van der Waals surface area (Å²) in [5.74, 6) is 2.40. The maximum atomic E-state index is 13.0.